The zero-order chi connectivity index (χ0) is 14.7. The number of hydrogen-bond donors (Lipinski definition) is 2. The Morgan fingerprint density at radius 3 is 2.90 bits per heavy atom. The molecule has 2 aromatic rings. The van der Waals surface area contributed by atoms with Crippen LogP contribution >= 0.6 is 0 Å². The highest BCUT2D eigenvalue weighted by atomic mass is 16.5. The number of ether oxygens (including phenoxy) is 1. The summed E-state index contributed by atoms with van der Waals surface area (Å²) in [6, 6.07) is 15.1. The third-order valence-corrected chi connectivity index (χ3v) is 3.41. The van der Waals surface area contributed by atoms with Crippen molar-refractivity contribution in [2.45, 2.75) is 19.4 Å². The van der Waals surface area contributed by atoms with Crippen molar-refractivity contribution in [3.05, 3.63) is 54.1 Å². The van der Waals surface area contributed by atoms with Gasteiger partial charge in [0.05, 0.1) is 6.61 Å². The minimum atomic E-state index is -0.359. The van der Waals surface area contributed by atoms with Gasteiger partial charge in [-0.3, -0.25) is 4.79 Å². The summed E-state index contributed by atoms with van der Waals surface area (Å²) in [6.45, 7) is 2.76. The summed E-state index contributed by atoms with van der Waals surface area (Å²) in [6.07, 6.45) is 0.968. The Bertz CT molecular complexity index is 655. The van der Waals surface area contributed by atoms with Gasteiger partial charge in [-0.2, -0.15) is 0 Å². The van der Waals surface area contributed by atoms with Crippen LogP contribution in [0.5, 0.6) is 5.75 Å². The van der Waals surface area contributed by atoms with E-state index in [1.54, 1.807) is 0 Å². The molecular weight excluding hydrogens is 264 g/mol. The van der Waals surface area contributed by atoms with E-state index in [1.807, 2.05) is 48.5 Å². The predicted octanol–water partition coefficient (Wildman–Crippen LogP) is 3.58. The fourth-order valence-corrected chi connectivity index (χ4v) is 2.41. The molecule has 1 aliphatic rings. The Morgan fingerprint density at radius 1 is 1.19 bits per heavy atom. The van der Waals surface area contributed by atoms with E-state index < -0.39 is 0 Å². The molecule has 2 N–H and O–H groups in total. The van der Waals surface area contributed by atoms with Gasteiger partial charge in [-0.15, -0.1) is 0 Å². The summed E-state index contributed by atoms with van der Waals surface area (Å²) in [4.78, 5) is 12.1. The number of benzene rings is 2. The van der Waals surface area contributed by atoms with Crippen LogP contribution in [0, 0.1) is 0 Å². The molecule has 2 aromatic carbocycles. The first-order valence-electron chi connectivity index (χ1n) is 7.17. The molecule has 0 radical (unpaired) electrons. The van der Waals surface area contributed by atoms with Gasteiger partial charge >= 0.3 is 0 Å². The van der Waals surface area contributed by atoms with Crippen LogP contribution < -0.4 is 15.4 Å². The van der Waals surface area contributed by atoms with Crippen LogP contribution in [0.15, 0.2) is 48.5 Å². The van der Waals surface area contributed by atoms with Crippen molar-refractivity contribution >= 4 is 17.3 Å². The molecule has 0 bridgehead atoms. The van der Waals surface area contributed by atoms with Gasteiger partial charge in [0, 0.05) is 23.0 Å². The lowest BCUT2D eigenvalue weighted by molar-refractivity contribution is -0.116. The fourth-order valence-electron chi connectivity index (χ4n) is 2.41. The van der Waals surface area contributed by atoms with Gasteiger partial charge in [0.25, 0.3) is 5.91 Å². The van der Waals surface area contributed by atoms with Crippen molar-refractivity contribution in [1.82, 2.24) is 0 Å². The highest BCUT2D eigenvalue weighted by Crippen LogP contribution is 2.33. The molecule has 0 fully saturated rings. The molecule has 108 valence electrons. The number of carbonyl (C=O) groups is 1. The second-order valence-corrected chi connectivity index (χ2v) is 5.03. The lowest BCUT2D eigenvalue weighted by Crippen LogP contribution is -2.19. The van der Waals surface area contributed by atoms with Gasteiger partial charge in [-0.25, -0.2) is 0 Å². The third-order valence-electron chi connectivity index (χ3n) is 3.41. The van der Waals surface area contributed by atoms with Gasteiger partial charge in [0.2, 0.25) is 0 Å². The number of nitrogens with one attached hydrogen (secondary N) is 2. The molecule has 21 heavy (non-hydrogen) atoms. The Balaban J connectivity index is 1.79. The van der Waals surface area contributed by atoms with Crippen LogP contribution in [0.25, 0.3) is 0 Å². The Morgan fingerprint density at radius 2 is 2.05 bits per heavy atom. The monoisotopic (exact) mass is 282 g/mol. The largest absolute Gasteiger partial charge is 0.494 e. The molecule has 1 heterocycles. The minimum absolute atomic E-state index is 0.0314. The Hall–Kier alpha value is -2.49. The molecule has 0 saturated carbocycles. The maximum atomic E-state index is 12.1. The second-order valence-electron chi connectivity index (χ2n) is 5.03. The van der Waals surface area contributed by atoms with Crippen LogP contribution in [-0.4, -0.2) is 12.5 Å². The molecule has 3 rings (SSSR count). The van der Waals surface area contributed by atoms with E-state index in [0.29, 0.717) is 6.61 Å². The maximum Gasteiger partial charge on any atom is 0.251 e. The van der Waals surface area contributed by atoms with Gasteiger partial charge < -0.3 is 15.4 Å². The van der Waals surface area contributed by atoms with Crippen molar-refractivity contribution in [2.24, 2.45) is 0 Å². The smallest absolute Gasteiger partial charge is 0.251 e. The van der Waals surface area contributed by atoms with Crippen LogP contribution in [0.3, 0.4) is 0 Å². The summed E-state index contributed by atoms with van der Waals surface area (Å²) in [5.41, 5.74) is 2.72. The highest BCUT2D eigenvalue weighted by Gasteiger charge is 2.29. The molecule has 1 aliphatic heterocycles. The Labute approximate surface area is 124 Å². The first-order chi connectivity index (χ1) is 10.3. The van der Waals surface area contributed by atoms with Crippen molar-refractivity contribution in [1.29, 1.82) is 0 Å². The zero-order valence-corrected chi connectivity index (χ0v) is 11.9. The number of hydrogen-bond acceptors (Lipinski definition) is 3. The SMILES string of the molecule is CCCOc1cccc(NC2C(=O)Nc3ccccc32)c1. The predicted molar refractivity (Wildman–Crippen MR) is 83.7 cm³/mol. The van der Waals surface area contributed by atoms with E-state index in [1.165, 1.54) is 0 Å². The van der Waals surface area contributed by atoms with Gasteiger partial charge in [-0.1, -0.05) is 31.2 Å². The van der Waals surface area contributed by atoms with Crippen LogP contribution in [-0.2, 0) is 4.79 Å². The lowest BCUT2D eigenvalue weighted by atomic mass is 10.1. The van der Waals surface area contributed by atoms with Crippen molar-refractivity contribution in [2.75, 3.05) is 17.2 Å². The topological polar surface area (TPSA) is 50.4 Å². The molecule has 4 heteroatoms. The summed E-state index contributed by atoms with van der Waals surface area (Å²) in [5, 5.41) is 6.16. The molecule has 0 saturated heterocycles. The number of para-hydroxylation sites is 1. The number of carbonyl (C=O) groups excluding carboxylic acids is 1. The Kier molecular flexibility index (Phi) is 3.77. The first kappa shape index (κ1) is 13.5. The number of anilines is 2. The fraction of sp³-hybridized carbons (Fsp3) is 0.235. The summed E-state index contributed by atoms with van der Waals surface area (Å²) in [5.74, 6) is 0.782. The molecule has 1 amide bonds. The van der Waals surface area contributed by atoms with Crippen molar-refractivity contribution < 1.29 is 9.53 Å². The third kappa shape index (κ3) is 2.84. The first-order valence-corrected chi connectivity index (χ1v) is 7.17. The zero-order valence-electron chi connectivity index (χ0n) is 11.9. The number of rotatable bonds is 5. The molecule has 0 aromatic heterocycles. The van der Waals surface area contributed by atoms with Crippen LogP contribution in [0.4, 0.5) is 11.4 Å². The minimum Gasteiger partial charge on any atom is -0.494 e. The maximum absolute atomic E-state index is 12.1. The van der Waals surface area contributed by atoms with E-state index >= 15 is 0 Å². The number of fused-ring (bicyclic) bond motifs is 1. The summed E-state index contributed by atoms with van der Waals surface area (Å²) < 4.78 is 5.62. The average Bonchev–Trinajstić information content (AvgIpc) is 2.82. The molecule has 1 unspecified atom stereocenters. The van der Waals surface area contributed by atoms with Crippen molar-refractivity contribution in [3.63, 3.8) is 0 Å². The number of amides is 1. The second kappa shape index (κ2) is 5.87. The normalized spacial score (nSPS) is 16.2. The summed E-state index contributed by atoms with van der Waals surface area (Å²) >= 11 is 0. The molecule has 1 atom stereocenters. The van der Waals surface area contributed by atoms with Crippen LogP contribution in [0.2, 0.25) is 0 Å². The van der Waals surface area contributed by atoms with E-state index in [-0.39, 0.29) is 11.9 Å². The molecule has 0 aliphatic carbocycles. The molecule has 4 nitrogen and oxygen atoms in total. The van der Waals surface area contributed by atoms with Crippen LogP contribution in [0.1, 0.15) is 24.9 Å². The lowest BCUT2D eigenvalue weighted by Gasteiger charge is -2.14. The van der Waals surface area contributed by atoms with Gasteiger partial charge in [-0.05, 0) is 24.6 Å². The quantitative estimate of drug-likeness (QED) is 0.881. The van der Waals surface area contributed by atoms with E-state index in [9.17, 15) is 4.79 Å². The molecule has 0 spiro atoms. The molecular formula is C17H18N2O2. The standard InChI is InChI=1S/C17H18N2O2/c1-2-10-21-13-7-5-6-12(11-13)18-16-14-8-3-4-9-15(14)19-17(16)20/h3-9,11,16,18H,2,10H2,1H3,(H,19,20). The summed E-state index contributed by atoms with van der Waals surface area (Å²) in [7, 11) is 0. The van der Waals surface area contributed by atoms with E-state index in [2.05, 4.69) is 17.6 Å². The highest BCUT2D eigenvalue weighted by molar-refractivity contribution is 6.04. The average molecular weight is 282 g/mol. The van der Waals surface area contributed by atoms with Gasteiger partial charge in [0.15, 0.2) is 0 Å². The van der Waals surface area contributed by atoms with Crippen molar-refractivity contribution in [3.8, 4) is 5.75 Å². The van der Waals surface area contributed by atoms with Gasteiger partial charge in [0.1, 0.15) is 11.8 Å². The van der Waals surface area contributed by atoms with E-state index in [4.69, 9.17) is 4.74 Å². The van der Waals surface area contributed by atoms with E-state index in [0.717, 1.165) is 29.1 Å².